The Morgan fingerprint density at radius 3 is 2.80 bits per heavy atom. The summed E-state index contributed by atoms with van der Waals surface area (Å²) in [4.78, 5) is 0. The van der Waals surface area contributed by atoms with Crippen molar-refractivity contribution in [1.82, 2.24) is 4.57 Å². The largest absolute Gasteiger partial charge is 0.416 e. The highest BCUT2D eigenvalue weighted by Gasteiger charge is 2.13. The van der Waals surface area contributed by atoms with Crippen molar-refractivity contribution in [3.8, 4) is 0 Å². The third-order valence-electron chi connectivity index (χ3n) is 3.48. The summed E-state index contributed by atoms with van der Waals surface area (Å²) in [6, 6.07) is 8.65. The van der Waals surface area contributed by atoms with Crippen molar-refractivity contribution in [2.24, 2.45) is 0 Å². The molecule has 0 aliphatic carbocycles. The molecular weight excluding hydrogens is 330 g/mol. The number of hydrogen-bond acceptors (Lipinski definition) is 1. The van der Waals surface area contributed by atoms with E-state index in [1.807, 2.05) is 0 Å². The number of hydrogen-bond donors (Lipinski definition) is 0. The number of fused-ring (bicyclic) bond motifs is 1. The van der Waals surface area contributed by atoms with Crippen LogP contribution in [-0.2, 0) is 11.0 Å². The molecule has 0 aliphatic heterocycles. The van der Waals surface area contributed by atoms with Crippen LogP contribution in [0.1, 0.15) is 26.2 Å². The van der Waals surface area contributed by atoms with E-state index in [4.69, 9.17) is 4.43 Å². The van der Waals surface area contributed by atoms with Crippen molar-refractivity contribution in [3.05, 3.63) is 34.9 Å². The topological polar surface area (TPSA) is 14.2 Å². The van der Waals surface area contributed by atoms with Gasteiger partial charge in [-0.3, -0.25) is 0 Å². The van der Waals surface area contributed by atoms with Gasteiger partial charge in [-0.05, 0) is 43.8 Å². The molecular formula is C16H24BrNOSi. The predicted molar refractivity (Wildman–Crippen MR) is 92.9 cm³/mol. The number of nitrogens with zero attached hydrogens (tertiary/aromatic N) is 1. The van der Waals surface area contributed by atoms with Crippen LogP contribution in [0.4, 0.5) is 0 Å². The van der Waals surface area contributed by atoms with E-state index in [2.05, 4.69) is 71.0 Å². The van der Waals surface area contributed by atoms with E-state index in [-0.39, 0.29) is 0 Å². The van der Waals surface area contributed by atoms with Crippen molar-refractivity contribution in [2.75, 3.05) is 0 Å². The highest BCUT2D eigenvalue weighted by molar-refractivity contribution is 9.10. The van der Waals surface area contributed by atoms with Gasteiger partial charge in [-0.25, -0.2) is 0 Å². The Morgan fingerprint density at radius 2 is 2.10 bits per heavy atom. The summed E-state index contributed by atoms with van der Waals surface area (Å²) in [6.07, 6.45) is 6.19. The van der Waals surface area contributed by atoms with E-state index >= 15 is 0 Å². The quantitative estimate of drug-likeness (QED) is 0.641. The first-order valence-electron chi connectivity index (χ1n) is 7.50. The third kappa shape index (κ3) is 4.20. The minimum absolute atomic E-state index is 0.362. The summed E-state index contributed by atoms with van der Waals surface area (Å²) >= 11 is 3.53. The van der Waals surface area contributed by atoms with Crippen molar-refractivity contribution < 1.29 is 4.43 Å². The molecule has 20 heavy (non-hydrogen) atoms. The molecule has 1 aromatic carbocycles. The molecule has 0 amide bonds. The highest BCUT2D eigenvalue weighted by atomic mass is 79.9. The summed E-state index contributed by atoms with van der Waals surface area (Å²) in [6.45, 7) is 7.72. The molecule has 0 fully saturated rings. The fraction of sp³-hybridized carbons (Fsp3) is 0.500. The van der Waals surface area contributed by atoms with Crippen LogP contribution >= 0.6 is 15.9 Å². The molecule has 2 rings (SSSR count). The number of aromatic nitrogens is 1. The zero-order valence-electron chi connectivity index (χ0n) is 12.6. The zero-order chi connectivity index (χ0) is 14.5. The van der Waals surface area contributed by atoms with Gasteiger partial charge in [0.05, 0.1) is 6.10 Å². The summed E-state index contributed by atoms with van der Waals surface area (Å²) in [7, 11) is -0.984. The first kappa shape index (κ1) is 15.8. The van der Waals surface area contributed by atoms with Crippen molar-refractivity contribution in [1.29, 1.82) is 0 Å². The number of benzene rings is 1. The maximum atomic E-state index is 6.21. The van der Waals surface area contributed by atoms with E-state index in [1.54, 1.807) is 0 Å². The number of halogens is 1. The number of rotatable bonds is 7. The summed E-state index contributed by atoms with van der Waals surface area (Å²) in [5, 5.41) is 1.29. The van der Waals surface area contributed by atoms with Gasteiger partial charge in [0, 0.05) is 28.1 Å². The fourth-order valence-electron chi connectivity index (χ4n) is 2.57. The second kappa shape index (κ2) is 7.43. The molecule has 0 bridgehead atoms. The van der Waals surface area contributed by atoms with Gasteiger partial charge >= 0.3 is 0 Å². The van der Waals surface area contributed by atoms with Crippen LogP contribution < -0.4 is 0 Å². The van der Waals surface area contributed by atoms with Crippen LogP contribution in [-0.4, -0.2) is 19.7 Å². The van der Waals surface area contributed by atoms with E-state index < -0.39 is 9.04 Å². The van der Waals surface area contributed by atoms with Gasteiger partial charge in [0.25, 0.3) is 0 Å². The predicted octanol–water partition coefficient (Wildman–Crippen LogP) is 4.96. The van der Waals surface area contributed by atoms with Crippen LogP contribution in [0, 0.1) is 0 Å². The lowest BCUT2D eigenvalue weighted by Crippen LogP contribution is -2.25. The Balaban J connectivity index is 2.14. The van der Waals surface area contributed by atoms with E-state index in [0.29, 0.717) is 6.10 Å². The van der Waals surface area contributed by atoms with Gasteiger partial charge in [0.2, 0.25) is 0 Å². The Hall–Kier alpha value is -0.583. The van der Waals surface area contributed by atoms with Gasteiger partial charge in [-0.15, -0.1) is 0 Å². The molecule has 0 saturated carbocycles. The van der Waals surface area contributed by atoms with Gasteiger partial charge in [-0.1, -0.05) is 35.7 Å². The van der Waals surface area contributed by atoms with Crippen LogP contribution in [0.15, 0.2) is 34.9 Å². The summed E-state index contributed by atoms with van der Waals surface area (Å²) < 4.78 is 9.67. The molecule has 2 nitrogen and oxygen atoms in total. The Kier molecular flexibility index (Phi) is 5.87. The molecule has 0 aliphatic rings. The van der Waals surface area contributed by atoms with Gasteiger partial charge in [-0.2, -0.15) is 0 Å². The van der Waals surface area contributed by atoms with Gasteiger partial charge in [0.15, 0.2) is 9.04 Å². The first-order chi connectivity index (χ1) is 9.60. The molecule has 0 N–H and O–H groups in total. The monoisotopic (exact) mass is 353 g/mol. The van der Waals surface area contributed by atoms with Crippen LogP contribution in [0.5, 0.6) is 0 Å². The molecule has 1 aromatic heterocycles. The maximum Gasteiger partial charge on any atom is 0.171 e. The Morgan fingerprint density at radius 1 is 1.30 bits per heavy atom. The lowest BCUT2D eigenvalue weighted by atomic mass is 10.1. The average molecular weight is 354 g/mol. The summed E-state index contributed by atoms with van der Waals surface area (Å²) in [5.41, 5.74) is 1.30. The lowest BCUT2D eigenvalue weighted by Gasteiger charge is -2.21. The second-order valence-corrected chi connectivity index (χ2v) is 8.91. The first-order valence-corrected chi connectivity index (χ1v) is 11.1. The van der Waals surface area contributed by atoms with Crippen LogP contribution in [0.2, 0.25) is 13.1 Å². The minimum atomic E-state index is -0.984. The van der Waals surface area contributed by atoms with E-state index in [0.717, 1.165) is 17.4 Å². The minimum Gasteiger partial charge on any atom is -0.416 e. The zero-order valence-corrected chi connectivity index (χ0v) is 15.3. The van der Waals surface area contributed by atoms with Crippen molar-refractivity contribution in [2.45, 2.75) is 51.9 Å². The van der Waals surface area contributed by atoms with Gasteiger partial charge < -0.3 is 8.99 Å². The fourth-order valence-corrected chi connectivity index (χ4v) is 3.94. The average Bonchev–Trinajstić information content (AvgIpc) is 2.77. The lowest BCUT2D eigenvalue weighted by molar-refractivity contribution is 0.170. The van der Waals surface area contributed by atoms with Crippen molar-refractivity contribution >= 4 is 35.9 Å². The molecule has 1 heterocycles. The molecule has 0 saturated heterocycles. The Labute approximate surface area is 132 Å². The van der Waals surface area contributed by atoms with Crippen molar-refractivity contribution in [3.63, 3.8) is 0 Å². The highest BCUT2D eigenvalue weighted by Crippen LogP contribution is 2.22. The molecule has 2 aromatic rings. The van der Waals surface area contributed by atoms with E-state index in [1.165, 1.54) is 23.7 Å². The molecule has 110 valence electrons. The third-order valence-corrected chi connectivity index (χ3v) is 4.90. The molecule has 0 radical (unpaired) electrons. The maximum absolute atomic E-state index is 6.21. The van der Waals surface area contributed by atoms with Gasteiger partial charge in [0.1, 0.15) is 0 Å². The van der Waals surface area contributed by atoms with Crippen LogP contribution in [0.3, 0.4) is 0 Å². The molecule has 1 atom stereocenters. The molecule has 1 unspecified atom stereocenters. The smallest absolute Gasteiger partial charge is 0.171 e. The second-order valence-electron chi connectivity index (χ2n) is 5.62. The summed E-state index contributed by atoms with van der Waals surface area (Å²) in [5.74, 6) is 0. The van der Waals surface area contributed by atoms with E-state index in [9.17, 15) is 0 Å². The van der Waals surface area contributed by atoms with Crippen LogP contribution in [0.25, 0.3) is 10.9 Å². The molecule has 4 heteroatoms. The Bertz CT molecular complexity index is 552. The number of unbranched alkanes of at least 4 members (excludes halogenated alkanes) is 1. The standard InChI is InChI=1S/C16H24BrNOSi/c1-4-5-6-15(19-20(2)3)12-18-10-9-13-11-14(17)7-8-16(13)18/h7-11,15,20H,4-6,12H2,1-3H3. The molecule has 0 spiro atoms. The SMILES string of the molecule is CCCCC(Cn1ccc2cc(Br)ccc21)O[SiH](C)C. The normalized spacial score (nSPS) is 13.2.